The molecule has 4 amide bonds. The zero-order valence-electron chi connectivity index (χ0n) is 18.9. The molecule has 176 valence electrons. The molecule has 0 aromatic heterocycles. The number of hydrogen-bond acceptors (Lipinski definition) is 6. The van der Waals surface area contributed by atoms with E-state index in [0.717, 1.165) is 27.8 Å². The van der Waals surface area contributed by atoms with Gasteiger partial charge in [0.1, 0.15) is 5.75 Å². The Hall–Kier alpha value is -3.59. The number of methoxy groups -OCH3 is 1. The van der Waals surface area contributed by atoms with Crippen molar-refractivity contribution in [1.82, 2.24) is 10.2 Å². The number of carbonyl (C=O) groups excluding carboxylic acids is 4. The summed E-state index contributed by atoms with van der Waals surface area (Å²) in [5.41, 5.74) is 2.46. The molecule has 2 aromatic carbocycles. The molecule has 1 atom stereocenters. The number of carbonyl (C=O) groups is 4. The number of anilines is 1. The lowest BCUT2D eigenvalue weighted by atomic mass is 10.1. The predicted molar refractivity (Wildman–Crippen MR) is 130 cm³/mol. The first kappa shape index (κ1) is 23.6. The molecule has 0 spiro atoms. The molecular weight excluding hydrogens is 454 g/mol. The SMILES string of the molecule is COc1ccc(C)cc1N1CC(C(=O)NCCN2C(=O)S/C(=C/c3ccccc3)C2=O)CC1=O. The molecule has 1 unspecified atom stereocenters. The third-order valence-electron chi connectivity index (χ3n) is 5.73. The van der Waals surface area contributed by atoms with Crippen molar-refractivity contribution in [3.63, 3.8) is 0 Å². The number of nitrogens with one attached hydrogen (secondary N) is 1. The maximum atomic E-state index is 12.7. The molecule has 34 heavy (non-hydrogen) atoms. The molecule has 2 aliphatic heterocycles. The summed E-state index contributed by atoms with van der Waals surface area (Å²) in [7, 11) is 1.54. The molecule has 9 heteroatoms. The van der Waals surface area contributed by atoms with Gasteiger partial charge in [-0.25, -0.2) is 0 Å². The average molecular weight is 480 g/mol. The average Bonchev–Trinajstić information content (AvgIpc) is 3.34. The Morgan fingerprint density at radius 3 is 2.68 bits per heavy atom. The Labute approximate surface area is 201 Å². The van der Waals surface area contributed by atoms with Crippen molar-refractivity contribution in [2.24, 2.45) is 5.92 Å². The van der Waals surface area contributed by atoms with E-state index in [1.54, 1.807) is 24.2 Å². The third kappa shape index (κ3) is 4.99. The summed E-state index contributed by atoms with van der Waals surface area (Å²) in [6, 6.07) is 14.9. The Balaban J connectivity index is 1.33. The molecule has 0 radical (unpaired) electrons. The van der Waals surface area contributed by atoms with Gasteiger partial charge in [-0.1, -0.05) is 36.4 Å². The molecule has 2 heterocycles. The highest BCUT2D eigenvalue weighted by molar-refractivity contribution is 8.18. The fourth-order valence-corrected chi connectivity index (χ4v) is 4.82. The Morgan fingerprint density at radius 2 is 1.94 bits per heavy atom. The zero-order valence-corrected chi connectivity index (χ0v) is 19.8. The second kappa shape index (κ2) is 10.1. The van der Waals surface area contributed by atoms with Gasteiger partial charge in [0.05, 0.1) is 23.6 Å². The maximum Gasteiger partial charge on any atom is 0.293 e. The number of rotatable bonds is 7. The minimum Gasteiger partial charge on any atom is -0.495 e. The van der Waals surface area contributed by atoms with Crippen molar-refractivity contribution in [1.29, 1.82) is 0 Å². The van der Waals surface area contributed by atoms with Crippen LogP contribution >= 0.6 is 11.8 Å². The summed E-state index contributed by atoms with van der Waals surface area (Å²) in [6.45, 7) is 2.35. The predicted octanol–water partition coefficient (Wildman–Crippen LogP) is 3.21. The molecule has 4 rings (SSSR count). The van der Waals surface area contributed by atoms with Gasteiger partial charge in [0.25, 0.3) is 11.1 Å². The maximum absolute atomic E-state index is 12.7. The number of ether oxygens (including phenoxy) is 1. The lowest BCUT2D eigenvalue weighted by molar-refractivity contribution is -0.127. The highest BCUT2D eigenvalue weighted by Crippen LogP contribution is 2.34. The van der Waals surface area contributed by atoms with Gasteiger partial charge in [0.15, 0.2) is 0 Å². The molecule has 2 aromatic rings. The minimum atomic E-state index is -0.523. The fourth-order valence-electron chi connectivity index (χ4n) is 3.96. The van der Waals surface area contributed by atoms with Gasteiger partial charge >= 0.3 is 0 Å². The Bertz CT molecular complexity index is 1160. The van der Waals surface area contributed by atoms with Crippen LogP contribution in [0.3, 0.4) is 0 Å². The summed E-state index contributed by atoms with van der Waals surface area (Å²) < 4.78 is 5.37. The van der Waals surface area contributed by atoms with Gasteiger partial charge in [-0.15, -0.1) is 0 Å². The van der Waals surface area contributed by atoms with E-state index in [1.165, 1.54) is 0 Å². The van der Waals surface area contributed by atoms with Gasteiger partial charge in [-0.2, -0.15) is 0 Å². The van der Waals surface area contributed by atoms with E-state index in [1.807, 2.05) is 49.4 Å². The van der Waals surface area contributed by atoms with Gasteiger partial charge < -0.3 is 15.0 Å². The van der Waals surface area contributed by atoms with E-state index in [-0.39, 0.29) is 49.0 Å². The first-order valence-corrected chi connectivity index (χ1v) is 11.7. The molecule has 0 saturated carbocycles. The number of aryl methyl sites for hydroxylation is 1. The van der Waals surface area contributed by atoms with E-state index in [4.69, 9.17) is 4.74 Å². The second-order valence-electron chi connectivity index (χ2n) is 8.12. The number of hydrogen-bond donors (Lipinski definition) is 1. The van der Waals surface area contributed by atoms with E-state index < -0.39 is 5.92 Å². The van der Waals surface area contributed by atoms with Crippen LogP contribution in [0.4, 0.5) is 10.5 Å². The number of nitrogens with zero attached hydrogens (tertiary/aromatic N) is 2. The van der Waals surface area contributed by atoms with Gasteiger partial charge in [-0.05, 0) is 48.0 Å². The molecule has 0 aliphatic carbocycles. The summed E-state index contributed by atoms with van der Waals surface area (Å²) in [6.07, 6.45) is 1.77. The Morgan fingerprint density at radius 1 is 1.18 bits per heavy atom. The standard InChI is InChI=1S/C25H25N3O5S/c1-16-8-9-20(33-2)19(12-16)28-15-18(14-22(28)29)23(30)26-10-11-27-24(31)21(34-25(27)32)13-17-6-4-3-5-7-17/h3-9,12-13,18H,10-11,14-15H2,1-2H3,(H,26,30)/b21-13+. The summed E-state index contributed by atoms with van der Waals surface area (Å²) in [4.78, 5) is 53.3. The number of amides is 4. The molecule has 1 N–H and O–H groups in total. The largest absolute Gasteiger partial charge is 0.495 e. The summed E-state index contributed by atoms with van der Waals surface area (Å²) >= 11 is 0.886. The van der Waals surface area contributed by atoms with Crippen LogP contribution in [0, 0.1) is 12.8 Å². The minimum absolute atomic E-state index is 0.0681. The van der Waals surface area contributed by atoms with E-state index in [9.17, 15) is 19.2 Å². The molecule has 0 bridgehead atoms. The number of imide groups is 1. The van der Waals surface area contributed by atoms with Crippen LogP contribution in [-0.4, -0.2) is 54.6 Å². The summed E-state index contributed by atoms with van der Waals surface area (Å²) in [5, 5.41) is 2.40. The van der Waals surface area contributed by atoms with Crippen molar-refractivity contribution in [2.75, 3.05) is 31.6 Å². The third-order valence-corrected chi connectivity index (χ3v) is 6.63. The topological polar surface area (TPSA) is 96.0 Å². The van der Waals surface area contributed by atoms with Crippen LogP contribution in [0.1, 0.15) is 17.5 Å². The second-order valence-corrected chi connectivity index (χ2v) is 9.11. The van der Waals surface area contributed by atoms with E-state index >= 15 is 0 Å². The van der Waals surface area contributed by atoms with Gasteiger partial charge in [0, 0.05) is 26.1 Å². The van der Waals surface area contributed by atoms with Crippen molar-refractivity contribution < 1.29 is 23.9 Å². The van der Waals surface area contributed by atoms with Crippen molar-refractivity contribution in [3.8, 4) is 5.75 Å². The number of thioether (sulfide) groups is 1. The zero-order chi connectivity index (χ0) is 24.2. The van der Waals surface area contributed by atoms with E-state index in [0.29, 0.717) is 16.3 Å². The summed E-state index contributed by atoms with van der Waals surface area (Å²) in [5.74, 6) is -0.759. The normalized spacial score (nSPS) is 19.3. The molecule has 2 saturated heterocycles. The van der Waals surface area contributed by atoms with Crippen LogP contribution in [-0.2, 0) is 14.4 Å². The monoisotopic (exact) mass is 479 g/mol. The molecule has 8 nitrogen and oxygen atoms in total. The Kier molecular flexibility index (Phi) is 7.02. The quantitative estimate of drug-likeness (QED) is 0.613. The van der Waals surface area contributed by atoms with Crippen molar-refractivity contribution in [2.45, 2.75) is 13.3 Å². The van der Waals surface area contributed by atoms with Gasteiger partial charge in [-0.3, -0.25) is 24.1 Å². The lowest BCUT2D eigenvalue weighted by Crippen LogP contribution is -2.40. The highest BCUT2D eigenvalue weighted by Gasteiger charge is 2.37. The van der Waals surface area contributed by atoms with Gasteiger partial charge in [0.2, 0.25) is 11.8 Å². The smallest absolute Gasteiger partial charge is 0.293 e. The van der Waals surface area contributed by atoms with E-state index in [2.05, 4.69) is 5.32 Å². The molecule has 2 fully saturated rings. The molecular formula is C25H25N3O5S. The highest BCUT2D eigenvalue weighted by atomic mass is 32.2. The lowest BCUT2D eigenvalue weighted by Gasteiger charge is -2.20. The first-order valence-electron chi connectivity index (χ1n) is 10.9. The van der Waals surface area contributed by atoms with Crippen molar-refractivity contribution in [3.05, 3.63) is 64.6 Å². The van der Waals surface area contributed by atoms with Crippen LogP contribution in [0.25, 0.3) is 6.08 Å². The fraction of sp³-hybridized carbons (Fsp3) is 0.280. The first-order chi connectivity index (χ1) is 16.4. The van der Waals surface area contributed by atoms with Crippen LogP contribution < -0.4 is 15.0 Å². The van der Waals surface area contributed by atoms with Crippen molar-refractivity contribution >= 4 is 46.5 Å². The molecule has 2 aliphatic rings. The van der Waals surface area contributed by atoms with Crippen LogP contribution in [0.2, 0.25) is 0 Å². The van der Waals surface area contributed by atoms with Crippen LogP contribution in [0.15, 0.2) is 53.4 Å². The number of benzene rings is 2. The van der Waals surface area contributed by atoms with Crippen LogP contribution in [0.5, 0.6) is 5.75 Å².